The van der Waals surface area contributed by atoms with Crippen LogP contribution in [0.1, 0.15) is 0 Å². The molecule has 0 aromatic heterocycles. The lowest BCUT2D eigenvalue weighted by Gasteiger charge is -2.46. The highest BCUT2D eigenvalue weighted by Crippen LogP contribution is 2.29. The third-order valence-electron chi connectivity index (χ3n) is 4.36. The Labute approximate surface area is 149 Å². The molecule has 7 N–H and O–H groups in total. The van der Waals surface area contributed by atoms with Crippen molar-refractivity contribution >= 4 is 0 Å². The summed E-state index contributed by atoms with van der Waals surface area (Å²) >= 11 is 0. The SMILES string of the molecule is C=CCO[C@H]1[C@@H](O)[C@@H](CO)O[C@@H](O[C@@H]2[C@H](O)[C@@H](O)[C@@H](O)O[C@@H]2CO)[C@@H]1O. The molecule has 2 saturated heterocycles. The van der Waals surface area contributed by atoms with Gasteiger partial charge in [-0.15, -0.1) is 6.58 Å². The minimum absolute atomic E-state index is 0.00297. The summed E-state index contributed by atoms with van der Waals surface area (Å²) < 4.78 is 21.0. The fraction of sp³-hybridized carbons (Fsp3) is 0.867. The van der Waals surface area contributed by atoms with Gasteiger partial charge in [-0.3, -0.25) is 0 Å². The molecule has 2 aliphatic rings. The molecule has 0 unspecified atom stereocenters. The normalized spacial score (nSPS) is 46.9. The predicted molar refractivity (Wildman–Crippen MR) is 82.5 cm³/mol. The monoisotopic (exact) mass is 382 g/mol. The van der Waals surface area contributed by atoms with Gasteiger partial charge >= 0.3 is 0 Å². The van der Waals surface area contributed by atoms with Crippen molar-refractivity contribution < 1.29 is 54.7 Å². The molecule has 152 valence electrons. The molecular formula is C15H26O11. The van der Waals surface area contributed by atoms with Gasteiger partial charge in [0.15, 0.2) is 12.6 Å². The lowest BCUT2D eigenvalue weighted by molar-refractivity contribution is -0.357. The number of aliphatic hydroxyl groups excluding tert-OH is 7. The average Bonchev–Trinajstić information content (AvgIpc) is 2.63. The quantitative estimate of drug-likeness (QED) is 0.212. The van der Waals surface area contributed by atoms with E-state index in [1.807, 2.05) is 0 Å². The summed E-state index contributed by atoms with van der Waals surface area (Å²) in [7, 11) is 0. The fourth-order valence-electron chi connectivity index (χ4n) is 2.93. The Hall–Kier alpha value is -0.700. The van der Waals surface area contributed by atoms with Crippen molar-refractivity contribution in [3.05, 3.63) is 12.7 Å². The Morgan fingerprint density at radius 1 is 0.808 bits per heavy atom. The molecule has 2 fully saturated rings. The van der Waals surface area contributed by atoms with E-state index in [9.17, 15) is 35.7 Å². The largest absolute Gasteiger partial charge is 0.394 e. The summed E-state index contributed by atoms with van der Waals surface area (Å²) in [5.41, 5.74) is 0. The van der Waals surface area contributed by atoms with Crippen LogP contribution in [0.5, 0.6) is 0 Å². The molecule has 11 nitrogen and oxygen atoms in total. The highest BCUT2D eigenvalue weighted by atomic mass is 16.7. The maximum Gasteiger partial charge on any atom is 0.187 e. The molecule has 0 aromatic rings. The van der Waals surface area contributed by atoms with Crippen LogP contribution in [0.3, 0.4) is 0 Å². The zero-order valence-electron chi connectivity index (χ0n) is 13.9. The topological polar surface area (TPSA) is 179 Å². The molecule has 0 amide bonds. The van der Waals surface area contributed by atoms with Crippen molar-refractivity contribution in [3.63, 3.8) is 0 Å². The van der Waals surface area contributed by atoms with Crippen molar-refractivity contribution in [2.75, 3.05) is 19.8 Å². The van der Waals surface area contributed by atoms with Gasteiger partial charge in [0.2, 0.25) is 0 Å². The van der Waals surface area contributed by atoms with Crippen LogP contribution in [0.15, 0.2) is 12.7 Å². The number of ether oxygens (including phenoxy) is 4. The van der Waals surface area contributed by atoms with Crippen LogP contribution in [0, 0.1) is 0 Å². The first-order valence-corrected chi connectivity index (χ1v) is 8.16. The standard InChI is InChI=1S/C15H26O11/c1-2-3-23-13-8(18)6(4-16)25-15(11(13)21)26-12-7(5-17)24-14(22)10(20)9(12)19/h2,6-22H,1,3-5H2/t6-,7-,8+,9-,10-,11-,12+,13+,14+,15+/m1/s1. The summed E-state index contributed by atoms with van der Waals surface area (Å²) in [6.45, 7) is 2.21. The summed E-state index contributed by atoms with van der Waals surface area (Å²) in [4.78, 5) is 0. The van der Waals surface area contributed by atoms with Gasteiger partial charge in [-0.25, -0.2) is 0 Å². The molecule has 11 heteroatoms. The van der Waals surface area contributed by atoms with Crippen molar-refractivity contribution in [2.45, 2.75) is 61.4 Å². The number of hydrogen-bond donors (Lipinski definition) is 7. The molecule has 0 aliphatic carbocycles. The van der Waals surface area contributed by atoms with Gasteiger partial charge in [-0.2, -0.15) is 0 Å². The van der Waals surface area contributed by atoms with E-state index in [4.69, 9.17) is 18.9 Å². The highest BCUT2D eigenvalue weighted by Gasteiger charge is 2.50. The molecule has 2 aliphatic heterocycles. The van der Waals surface area contributed by atoms with Crippen LogP contribution in [0.25, 0.3) is 0 Å². The van der Waals surface area contributed by atoms with Crippen molar-refractivity contribution in [2.24, 2.45) is 0 Å². The molecular weight excluding hydrogens is 356 g/mol. The molecule has 0 aromatic carbocycles. The molecule has 2 rings (SSSR count). The Bertz CT molecular complexity index is 447. The molecule has 0 saturated carbocycles. The first-order chi connectivity index (χ1) is 12.3. The number of rotatable bonds is 7. The van der Waals surface area contributed by atoms with Gasteiger partial charge in [0.05, 0.1) is 19.8 Å². The zero-order valence-corrected chi connectivity index (χ0v) is 13.9. The van der Waals surface area contributed by atoms with E-state index in [0.29, 0.717) is 0 Å². The average molecular weight is 382 g/mol. The predicted octanol–water partition coefficient (Wildman–Crippen LogP) is -4.19. The highest BCUT2D eigenvalue weighted by molar-refractivity contribution is 4.94. The fourth-order valence-corrected chi connectivity index (χ4v) is 2.93. The lowest BCUT2D eigenvalue weighted by atomic mass is 9.97. The Kier molecular flexibility index (Phi) is 7.88. The van der Waals surface area contributed by atoms with Gasteiger partial charge in [-0.05, 0) is 0 Å². The van der Waals surface area contributed by atoms with E-state index in [0.717, 1.165) is 0 Å². The van der Waals surface area contributed by atoms with Gasteiger partial charge in [0.1, 0.15) is 48.8 Å². The number of hydrogen-bond acceptors (Lipinski definition) is 11. The second kappa shape index (κ2) is 9.48. The molecule has 26 heavy (non-hydrogen) atoms. The van der Waals surface area contributed by atoms with Crippen LogP contribution in [-0.4, -0.2) is 117 Å². The van der Waals surface area contributed by atoms with E-state index >= 15 is 0 Å². The van der Waals surface area contributed by atoms with Crippen LogP contribution in [0.2, 0.25) is 0 Å². The van der Waals surface area contributed by atoms with Crippen molar-refractivity contribution in [1.29, 1.82) is 0 Å². The maximum absolute atomic E-state index is 10.4. The lowest BCUT2D eigenvalue weighted by Crippen LogP contribution is -2.64. The van der Waals surface area contributed by atoms with Crippen molar-refractivity contribution in [1.82, 2.24) is 0 Å². The van der Waals surface area contributed by atoms with E-state index in [1.165, 1.54) is 6.08 Å². The smallest absolute Gasteiger partial charge is 0.187 e. The summed E-state index contributed by atoms with van der Waals surface area (Å²) in [6, 6.07) is 0. The minimum atomic E-state index is -1.73. The van der Waals surface area contributed by atoms with Gasteiger partial charge in [0.25, 0.3) is 0 Å². The first kappa shape index (κ1) is 21.6. The van der Waals surface area contributed by atoms with Gasteiger partial charge in [-0.1, -0.05) is 6.08 Å². The summed E-state index contributed by atoms with van der Waals surface area (Å²) in [6.07, 6.45) is -13.0. The van der Waals surface area contributed by atoms with E-state index < -0.39 is 74.6 Å². The van der Waals surface area contributed by atoms with Crippen molar-refractivity contribution in [3.8, 4) is 0 Å². The molecule has 0 bridgehead atoms. The molecule has 0 spiro atoms. The van der Waals surface area contributed by atoms with Crippen LogP contribution in [-0.2, 0) is 18.9 Å². The van der Waals surface area contributed by atoms with Gasteiger partial charge in [0, 0.05) is 0 Å². The first-order valence-electron chi connectivity index (χ1n) is 8.16. The second-order valence-electron chi connectivity index (χ2n) is 6.12. The summed E-state index contributed by atoms with van der Waals surface area (Å²) in [5.74, 6) is 0. The van der Waals surface area contributed by atoms with E-state index in [2.05, 4.69) is 6.58 Å². The van der Waals surface area contributed by atoms with E-state index in [-0.39, 0.29) is 6.61 Å². The third kappa shape index (κ3) is 4.40. The Morgan fingerprint density at radius 3 is 2.04 bits per heavy atom. The zero-order chi connectivity index (χ0) is 19.4. The maximum atomic E-state index is 10.4. The van der Waals surface area contributed by atoms with Crippen LogP contribution < -0.4 is 0 Å². The van der Waals surface area contributed by atoms with Gasteiger partial charge < -0.3 is 54.7 Å². The van der Waals surface area contributed by atoms with Crippen LogP contribution in [0.4, 0.5) is 0 Å². The molecule has 10 atom stereocenters. The minimum Gasteiger partial charge on any atom is -0.394 e. The van der Waals surface area contributed by atoms with Crippen LogP contribution >= 0.6 is 0 Å². The summed E-state index contributed by atoms with van der Waals surface area (Å²) in [5, 5.41) is 68.6. The third-order valence-corrected chi connectivity index (χ3v) is 4.36. The second-order valence-corrected chi connectivity index (χ2v) is 6.12. The Balaban J connectivity index is 2.15. The molecule has 2 heterocycles. The van der Waals surface area contributed by atoms with E-state index in [1.54, 1.807) is 0 Å². The molecule has 0 radical (unpaired) electrons. The Morgan fingerprint density at radius 2 is 1.46 bits per heavy atom. The number of aliphatic hydroxyl groups is 7.